The van der Waals surface area contributed by atoms with Crippen LogP contribution in [0, 0.1) is 11.8 Å². The highest BCUT2D eigenvalue weighted by atomic mass is 14.9. The first-order valence-corrected chi connectivity index (χ1v) is 5.93. The van der Waals surface area contributed by atoms with Gasteiger partial charge in [0.05, 0.1) is 0 Å². The van der Waals surface area contributed by atoms with E-state index < -0.39 is 0 Å². The van der Waals surface area contributed by atoms with Gasteiger partial charge in [-0.05, 0) is 31.7 Å². The first kappa shape index (κ1) is 11.0. The molecule has 1 nitrogen and oxygen atoms in total. The van der Waals surface area contributed by atoms with E-state index in [0.717, 1.165) is 11.8 Å². The maximum Gasteiger partial charge on any atom is 0.00617 e. The molecule has 1 atom stereocenters. The van der Waals surface area contributed by atoms with E-state index >= 15 is 0 Å². The van der Waals surface area contributed by atoms with E-state index in [2.05, 4.69) is 26.1 Å². The van der Waals surface area contributed by atoms with Crippen molar-refractivity contribution < 1.29 is 0 Å². The number of rotatable bonds is 5. The van der Waals surface area contributed by atoms with Gasteiger partial charge in [-0.2, -0.15) is 0 Å². The van der Waals surface area contributed by atoms with Gasteiger partial charge in [-0.15, -0.1) is 0 Å². The Morgan fingerprint density at radius 3 is 2.31 bits per heavy atom. The van der Waals surface area contributed by atoms with E-state index in [1.54, 1.807) is 0 Å². The molecule has 0 radical (unpaired) electrons. The first-order valence-electron chi connectivity index (χ1n) is 5.93. The normalized spacial score (nSPS) is 21.2. The van der Waals surface area contributed by atoms with E-state index in [-0.39, 0.29) is 0 Å². The van der Waals surface area contributed by atoms with E-state index in [0.29, 0.717) is 6.04 Å². The molecular weight excluding hydrogens is 158 g/mol. The second-order valence-electron chi connectivity index (χ2n) is 4.93. The highest BCUT2D eigenvalue weighted by Crippen LogP contribution is 2.26. The average molecular weight is 183 g/mol. The summed E-state index contributed by atoms with van der Waals surface area (Å²) in [5.74, 6) is 1.80. The zero-order valence-corrected chi connectivity index (χ0v) is 9.47. The Balaban J connectivity index is 1.99. The van der Waals surface area contributed by atoms with Crippen molar-refractivity contribution in [3.8, 4) is 0 Å². The van der Waals surface area contributed by atoms with Gasteiger partial charge < -0.3 is 5.32 Å². The van der Waals surface area contributed by atoms with Crippen LogP contribution < -0.4 is 5.32 Å². The molecule has 1 aliphatic carbocycles. The molecule has 0 saturated heterocycles. The molecule has 1 N–H and O–H groups in total. The summed E-state index contributed by atoms with van der Waals surface area (Å²) in [7, 11) is 0. The Hall–Kier alpha value is -0.0400. The fraction of sp³-hybridized carbons (Fsp3) is 1.00. The fourth-order valence-corrected chi connectivity index (χ4v) is 2.05. The van der Waals surface area contributed by atoms with Crippen LogP contribution in [0.25, 0.3) is 0 Å². The van der Waals surface area contributed by atoms with Gasteiger partial charge in [0, 0.05) is 6.04 Å². The van der Waals surface area contributed by atoms with E-state index in [1.807, 2.05) is 0 Å². The summed E-state index contributed by atoms with van der Waals surface area (Å²) >= 11 is 0. The van der Waals surface area contributed by atoms with Crippen molar-refractivity contribution in [3.63, 3.8) is 0 Å². The van der Waals surface area contributed by atoms with Gasteiger partial charge in [0.1, 0.15) is 0 Å². The summed E-state index contributed by atoms with van der Waals surface area (Å²) in [6, 6.07) is 0.682. The molecule has 0 spiro atoms. The molecule has 1 aliphatic rings. The topological polar surface area (TPSA) is 12.0 Å². The Labute approximate surface area is 83.3 Å². The first-order chi connectivity index (χ1) is 6.20. The zero-order valence-electron chi connectivity index (χ0n) is 9.47. The zero-order chi connectivity index (χ0) is 9.68. The SMILES string of the molecule is CC(C)C(C)NCCC1CCCC1. The van der Waals surface area contributed by atoms with Crippen LogP contribution in [-0.4, -0.2) is 12.6 Å². The highest BCUT2D eigenvalue weighted by molar-refractivity contribution is 4.70. The van der Waals surface area contributed by atoms with Crippen LogP contribution in [0.5, 0.6) is 0 Å². The molecule has 1 rings (SSSR count). The predicted octanol–water partition coefficient (Wildman–Crippen LogP) is 3.20. The summed E-state index contributed by atoms with van der Waals surface area (Å²) in [4.78, 5) is 0. The third-order valence-electron chi connectivity index (χ3n) is 3.49. The quantitative estimate of drug-likeness (QED) is 0.690. The minimum atomic E-state index is 0.682. The average Bonchev–Trinajstić information content (AvgIpc) is 2.56. The lowest BCUT2D eigenvalue weighted by Crippen LogP contribution is -2.32. The Morgan fingerprint density at radius 2 is 1.77 bits per heavy atom. The molecule has 1 heteroatoms. The van der Waals surface area contributed by atoms with Crippen LogP contribution >= 0.6 is 0 Å². The highest BCUT2D eigenvalue weighted by Gasteiger charge is 2.14. The third kappa shape index (κ3) is 4.12. The lowest BCUT2D eigenvalue weighted by Gasteiger charge is -2.18. The maximum atomic E-state index is 3.61. The molecule has 0 heterocycles. The summed E-state index contributed by atoms with van der Waals surface area (Å²) in [5, 5.41) is 3.61. The summed E-state index contributed by atoms with van der Waals surface area (Å²) in [5.41, 5.74) is 0. The summed E-state index contributed by atoms with van der Waals surface area (Å²) in [6.07, 6.45) is 7.32. The van der Waals surface area contributed by atoms with Gasteiger partial charge in [-0.1, -0.05) is 39.5 Å². The van der Waals surface area contributed by atoms with Crippen molar-refractivity contribution in [1.29, 1.82) is 0 Å². The van der Waals surface area contributed by atoms with Gasteiger partial charge in [-0.25, -0.2) is 0 Å². The second-order valence-corrected chi connectivity index (χ2v) is 4.93. The predicted molar refractivity (Wildman–Crippen MR) is 58.9 cm³/mol. The van der Waals surface area contributed by atoms with Crippen LogP contribution in [0.1, 0.15) is 52.9 Å². The molecular formula is C12H25N. The minimum Gasteiger partial charge on any atom is -0.314 e. The van der Waals surface area contributed by atoms with Gasteiger partial charge in [0.25, 0.3) is 0 Å². The van der Waals surface area contributed by atoms with Crippen LogP contribution in [0.15, 0.2) is 0 Å². The molecule has 1 fully saturated rings. The van der Waals surface area contributed by atoms with Crippen molar-refractivity contribution >= 4 is 0 Å². The van der Waals surface area contributed by atoms with Crippen molar-refractivity contribution in [1.82, 2.24) is 5.32 Å². The summed E-state index contributed by atoms with van der Waals surface area (Å²) < 4.78 is 0. The van der Waals surface area contributed by atoms with Gasteiger partial charge in [-0.3, -0.25) is 0 Å². The van der Waals surface area contributed by atoms with E-state index in [1.165, 1.54) is 38.6 Å². The van der Waals surface area contributed by atoms with Crippen LogP contribution in [0.2, 0.25) is 0 Å². The lowest BCUT2D eigenvalue weighted by atomic mass is 10.0. The second kappa shape index (κ2) is 5.64. The Morgan fingerprint density at radius 1 is 1.15 bits per heavy atom. The summed E-state index contributed by atoms with van der Waals surface area (Å²) in [6.45, 7) is 8.09. The van der Waals surface area contributed by atoms with Crippen molar-refractivity contribution in [3.05, 3.63) is 0 Å². The number of hydrogen-bond donors (Lipinski definition) is 1. The molecule has 0 aromatic heterocycles. The van der Waals surface area contributed by atoms with Crippen LogP contribution in [0.4, 0.5) is 0 Å². The van der Waals surface area contributed by atoms with E-state index in [9.17, 15) is 0 Å². The van der Waals surface area contributed by atoms with Gasteiger partial charge in [0.15, 0.2) is 0 Å². The minimum absolute atomic E-state index is 0.682. The number of hydrogen-bond acceptors (Lipinski definition) is 1. The molecule has 13 heavy (non-hydrogen) atoms. The van der Waals surface area contributed by atoms with Crippen molar-refractivity contribution in [2.45, 2.75) is 58.9 Å². The molecule has 0 aliphatic heterocycles. The van der Waals surface area contributed by atoms with E-state index in [4.69, 9.17) is 0 Å². The van der Waals surface area contributed by atoms with Crippen molar-refractivity contribution in [2.24, 2.45) is 11.8 Å². The molecule has 1 saturated carbocycles. The smallest absolute Gasteiger partial charge is 0.00617 e. The molecule has 1 unspecified atom stereocenters. The molecule has 78 valence electrons. The standard InChI is InChI=1S/C12H25N/c1-10(2)11(3)13-9-8-12-6-4-5-7-12/h10-13H,4-9H2,1-3H3. The lowest BCUT2D eigenvalue weighted by molar-refractivity contribution is 0.395. The molecule has 0 aromatic carbocycles. The molecule has 0 aromatic rings. The largest absolute Gasteiger partial charge is 0.314 e. The van der Waals surface area contributed by atoms with Crippen LogP contribution in [0.3, 0.4) is 0 Å². The third-order valence-corrected chi connectivity index (χ3v) is 3.49. The van der Waals surface area contributed by atoms with Crippen molar-refractivity contribution in [2.75, 3.05) is 6.54 Å². The number of nitrogens with one attached hydrogen (secondary N) is 1. The Kier molecular flexibility index (Phi) is 4.79. The fourth-order valence-electron chi connectivity index (χ4n) is 2.05. The van der Waals surface area contributed by atoms with Gasteiger partial charge in [0.2, 0.25) is 0 Å². The molecule has 0 amide bonds. The monoisotopic (exact) mass is 183 g/mol. The maximum absolute atomic E-state index is 3.61. The Bertz CT molecular complexity index is 123. The van der Waals surface area contributed by atoms with Gasteiger partial charge >= 0.3 is 0 Å². The van der Waals surface area contributed by atoms with Crippen LogP contribution in [-0.2, 0) is 0 Å². The molecule has 0 bridgehead atoms.